The second kappa shape index (κ2) is 10.2. The summed E-state index contributed by atoms with van der Waals surface area (Å²) in [5.41, 5.74) is 6.49. The van der Waals surface area contributed by atoms with Gasteiger partial charge in [-0.25, -0.2) is 0 Å². The Labute approximate surface area is 149 Å². The lowest BCUT2D eigenvalue weighted by atomic mass is 10.1. The zero-order valence-electron chi connectivity index (χ0n) is 14.0. The molecule has 1 aliphatic rings. The molecule has 1 fully saturated rings. The predicted molar refractivity (Wildman–Crippen MR) is 96.9 cm³/mol. The second-order valence-corrected chi connectivity index (χ2v) is 5.58. The normalized spacial score (nSPS) is 13.8. The molecule has 0 spiro atoms. The highest BCUT2D eigenvalue weighted by atomic mass is 35.5. The van der Waals surface area contributed by atoms with Crippen molar-refractivity contribution in [1.29, 1.82) is 0 Å². The molecular weight excluding hydrogens is 330 g/mol. The quantitative estimate of drug-likeness (QED) is 0.820. The third-order valence-corrected chi connectivity index (χ3v) is 3.82. The number of benzene rings is 1. The molecule has 0 radical (unpaired) electrons. The predicted octanol–water partition coefficient (Wildman–Crippen LogP) is 2.42. The minimum atomic E-state index is -0.184. The Morgan fingerprint density at radius 3 is 2.58 bits per heavy atom. The lowest BCUT2D eigenvalue weighted by molar-refractivity contribution is -0.116. The monoisotopic (exact) mass is 355 g/mol. The first-order valence-electron chi connectivity index (χ1n) is 8.21. The molecule has 24 heavy (non-hydrogen) atoms. The molecule has 3 N–H and O–H groups in total. The number of rotatable bonds is 6. The average Bonchev–Trinajstić information content (AvgIpc) is 2.57. The van der Waals surface area contributed by atoms with Gasteiger partial charge in [0.15, 0.2) is 0 Å². The molecule has 6 nitrogen and oxygen atoms in total. The van der Waals surface area contributed by atoms with Gasteiger partial charge in [-0.05, 0) is 44.4 Å². The first-order chi connectivity index (χ1) is 11.2. The van der Waals surface area contributed by atoms with Gasteiger partial charge in [-0.2, -0.15) is 0 Å². The Morgan fingerprint density at radius 1 is 1.25 bits per heavy atom. The zero-order chi connectivity index (χ0) is 16.7. The van der Waals surface area contributed by atoms with Crippen LogP contribution in [0.3, 0.4) is 0 Å². The maximum atomic E-state index is 12.6. The summed E-state index contributed by atoms with van der Waals surface area (Å²) in [5.74, 6) is 0.381. The highest BCUT2D eigenvalue weighted by Gasteiger charge is 2.19. The summed E-state index contributed by atoms with van der Waals surface area (Å²) < 4.78 is 5.53. The SMILES string of the molecule is CCOc1ccc(C(=O)N2CCCCC2)cc1NC(=O)CCN.Cl. The zero-order valence-corrected chi connectivity index (χ0v) is 14.9. The first kappa shape index (κ1) is 20.3. The fourth-order valence-corrected chi connectivity index (χ4v) is 2.67. The summed E-state index contributed by atoms with van der Waals surface area (Å²) in [6, 6.07) is 5.18. The summed E-state index contributed by atoms with van der Waals surface area (Å²) in [4.78, 5) is 26.3. The summed E-state index contributed by atoms with van der Waals surface area (Å²) in [7, 11) is 0. The Balaban J connectivity index is 0.00000288. The van der Waals surface area contributed by atoms with Gasteiger partial charge in [0, 0.05) is 31.6 Å². The summed E-state index contributed by atoms with van der Waals surface area (Å²) in [6.45, 7) is 4.22. The van der Waals surface area contributed by atoms with Gasteiger partial charge in [0.1, 0.15) is 5.75 Å². The third-order valence-electron chi connectivity index (χ3n) is 3.82. The van der Waals surface area contributed by atoms with Crippen LogP contribution in [0.1, 0.15) is 43.0 Å². The fraction of sp³-hybridized carbons (Fsp3) is 0.529. The highest BCUT2D eigenvalue weighted by Crippen LogP contribution is 2.27. The van der Waals surface area contributed by atoms with E-state index in [9.17, 15) is 9.59 Å². The molecular formula is C17H26ClN3O3. The molecule has 7 heteroatoms. The Hall–Kier alpha value is -1.79. The minimum absolute atomic E-state index is 0. The molecule has 0 atom stereocenters. The lowest BCUT2D eigenvalue weighted by Gasteiger charge is -2.27. The number of nitrogens with zero attached hydrogens (tertiary/aromatic N) is 1. The van der Waals surface area contributed by atoms with E-state index in [-0.39, 0.29) is 37.2 Å². The van der Waals surface area contributed by atoms with Gasteiger partial charge >= 0.3 is 0 Å². The highest BCUT2D eigenvalue weighted by molar-refractivity contribution is 5.98. The van der Waals surface area contributed by atoms with E-state index in [4.69, 9.17) is 10.5 Å². The van der Waals surface area contributed by atoms with Crippen LogP contribution in [0.2, 0.25) is 0 Å². The van der Waals surface area contributed by atoms with Crippen LogP contribution >= 0.6 is 12.4 Å². The van der Waals surface area contributed by atoms with E-state index >= 15 is 0 Å². The van der Waals surface area contributed by atoms with Gasteiger partial charge in [-0.3, -0.25) is 9.59 Å². The largest absolute Gasteiger partial charge is 0.492 e. The van der Waals surface area contributed by atoms with Crippen molar-refractivity contribution in [3.63, 3.8) is 0 Å². The average molecular weight is 356 g/mol. The van der Waals surface area contributed by atoms with Crippen LogP contribution in [0, 0.1) is 0 Å². The number of amides is 2. The molecule has 134 valence electrons. The van der Waals surface area contributed by atoms with Crippen LogP contribution in [0.15, 0.2) is 18.2 Å². The van der Waals surface area contributed by atoms with Gasteiger partial charge in [0.25, 0.3) is 5.91 Å². The number of piperidine rings is 1. The molecule has 1 aromatic carbocycles. The van der Waals surface area contributed by atoms with Crippen molar-refractivity contribution in [3.05, 3.63) is 23.8 Å². The van der Waals surface area contributed by atoms with E-state index in [0.29, 0.717) is 23.6 Å². The van der Waals surface area contributed by atoms with E-state index in [2.05, 4.69) is 5.32 Å². The molecule has 1 heterocycles. The number of carbonyl (C=O) groups excluding carboxylic acids is 2. The molecule has 0 aliphatic carbocycles. The fourth-order valence-electron chi connectivity index (χ4n) is 2.67. The van der Waals surface area contributed by atoms with E-state index < -0.39 is 0 Å². The molecule has 0 unspecified atom stereocenters. The summed E-state index contributed by atoms with van der Waals surface area (Å²) >= 11 is 0. The van der Waals surface area contributed by atoms with Gasteiger partial charge in [-0.15, -0.1) is 12.4 Å². The number of halogens is 1. The topological polar surface area (TPSA) is 84.7 Å². The molecule has 2 rings (SSSR count). The van der Waals surface area contributed by atoms with Crippen molar-refractivity contribution in [3.8, 4) is 5.75 Å². The maximum Gasteiger partial charge on any atom is 0.253 e. The van der Waals surface area contributed by atoms with Crippen LogP contribution in [0.5, 0.6) is 5.75 Å². The van der Waals surface area contributed by atoms with Gasteiger partial charge in [-0.1, -0.05) is 0 Å². The number of likely N-dealkylation sites (tertiary alicyclic amines) is 1. The van der Waals surface area contributed by atoms with Crippen molar-refractivity contribution >= 4 is 29.9 Å². The Morgan fingerprint density at radius 2 is 1.96 bits per heavy atom. The van der Waals surface area contributed by atoms with E-state index in [1.165, 1.54) is 6.42 Å². The van der Waals surface area contributed by atoms with Crippen LogP contribution in [0.25, 0.3) is 0 Å². The number of nitrogens with one attached hydrogen (secondary N) is 1. The standard InChI is InChI=1S/C17H25N3O3.ClH/c1-2-23-15-7-6-13(12-14(15)19-16(21)8-9-18)17(22)20-10-4-3-5-11-20;/h6-7,12H,2-5,8-11,18H2,1H3,(H,19,21);1H. The number of hydrogen-bond donors (Lipinski definition) is 2. The smallest absolute Gasteiger partial charge is 0.253 e. The number of anilines is 1. The third kappa shape index (κ3) is 5.39. The number of carbonyl (C=O) groups is 2. The number of ether oxygens (including phenoxy) is 1. The molecule has 0 bridgehead atoms. The second-order valence-electron chi connectivity index (χ2n) is 5.58. The molecule has 1 aliphatic heterocycles. The van der Waals surface area contributed by atoms with Crippen molar-refractivity contribution < 1.29 is 14.3 Å². The number of hydrogen-bond acceptors (Lipinski definition) is 4. The maximum absolute atomic E-state index is 12.6. The van der Waals surface area contributed by atoms with Crippen LogP contribution in [0.4, 0.5) is 5.69 Å². The summed E-state index contributed by atoms with van der Waals surface area (Å²) in [6.07, 6.45) is 3.50. The van der Waals surface area contributed by atoms with Crippen molar-refractivity contribution in [2.75, 3.05) is 31.6 Å². The lowest BCUT2D eigenvalue weighted by Crippen LogP contribution is -2.35. The van der Waals surface area contributed by atoms with E-state index in [1.807, 2.05) is 11.8 Å². The molecule has 1 saturated heterocycles. The van der Waals surface area contributed by atoms with Crippen LogP contribution in [-0.2, 0) is 4.79 Å². The van der Waals surface area contributed by atoms with Crippen molar-refractivity contribution in [2.24, 2.45) is 5.73 Å². The van der Waals surface area contributed by atoms with Gasteiger partial charge in [0.05, 0.1) is 12.3 Å². The van der Waals surface area contributed by atoms with Crippen LogP contribution < -0.4 is 15.8 Å². The van der Waals surface area contributed by atoms with E-state index in [0.717, 1.165) is 25.9 Å². The van der Waals surface area contributed by atoms with Gasteiger partial charge < -0.3 is 20.7 Å². The van der Waals surface area contributed by atoms with Crippen LogP contribution in [-0.4, -0.2) is 43.0 Å². The van der Waals surface area contributed by atoms with E-state index in [1.54, 1.807) is 18.2 Å². The Kier molecular flexibility index (Phi) is 8.57. The molecule has 2 amide bonds. The first-order valence-corrected chi connectivity index (χ1v) is 8.21. The van der Waals surface area contributed by atoms with Crippen molar-refractivity contribution in [1.82, 2.24) is 4.90 Å². The number of nitrogens with two attached hydrogens (primary N) is 1. The Bertz CT molecular complexity index is 560. The molecule has 1 aromatic rings. The molecule has 0 aromatic heterocycles. The summed E-state index contributed by atoms with van der Waals surface area (Å²) in [5, 5.41) is 2.78. The minimum Gasteiger partial charge on any atom is -0.492 e. The van der Waals surface area contributed by atoms with Gasteiger partial charge in [0.2, 0.25) is 5.91 Å². The van der Waals surface area contributed by atoms with Crippen molar-refractivity contribution in [2.45, 2.75) is 32.6 Å². The molecule has 0 saturated carbocycles.